The highest BCUT2D eigenvalue weighted by Gasteiger charge is 2.04. The molecule has 0 saturated carbocycles. The van der Waals surface area contributed by atoms with E-state index in [1.807, 2.05) is 30.3 Å². The molecule has 0 saturated heterocycles. The molecule has 0 aliphatic rings. The number of nitrogens with zero attached hydrogens (tertiary/aromatic N) is 1. The first kappa shape index (κ1) is 23.9. The van der Waals surface area contributed by atoms with E-state index < -0.39 is 0 Å². The average Bonchev–Trinajstić information content (AvgIpc) is 2.69. The molecule has 0 atom stereocenters. The normalized spacial score (nSPS) is 11.0. The molecule has 0 heterocycles. The molecule has 0 aliphatic heterocycles. The molecule has 2 aromatic rings. The fraction of sp³-hybridized carbons (Fsp3) is 0.381. The van der Waals surface area contributed by atoms with Crippen molar-refractivity contribution in [2.75, 3.05) is 27.4 Å². The predicted octanol–water partition coefficient (Wildman–Crippen LogP) is 3.93. The minimum absolute atomic E-state index is 0. The molecule has 0 unspecified atom stereocenters. The molecule has 7 heteroatoms. The number of hydrogen-bond donors (Lipinski definition) is 2. The van der Waals surface area contributed by atoms with Crippen LogP contribution in [0.15, 0.2) is 47.5 Å². The summed E-state index contributed by atoms with van der Waals surface area (Å²) in [6, 6.07) is 13.8. The van der Waals surface area contributed by atoms with Gasteiger partial charge < -0.3 is 25.3 Å². The van der Waals surface area contributed by atoms with E-state index in [4.69, 9.17) is 19.9 Å². The van der Waals surface area contributed by atoms with E-state index in [9.17, 15) is 0 Å². The molecule has 0 aromatic heterocycles. The third-order valence-corrected chi connectivity index (χ3v) is 4.10. The van der Waals surface area contributed by atoms with Gasteiger partial charge in [-0.15, -0.1) is 24.0 Å². The fourth-order valence-corrected chi connectivity index (χ4v) is 2.51. The zero-order valence-corrected chi connectivity index (χ0v) is 19.2. The lowest BCUT2D eigenvalue weighted by atomic mass is 10.0. The molecule has 2 rings (SSSR count). The highest BCUT2D eigenvalue weighted by atomic mass is 127. The van der Waals surface area contributed by atoms with Crippen LogP contribution in [0.25, 0.3) is 0 Å². The smallest absolute Gasteiger partial charge is 0.189 e. The Morgan fingerprint density at radius 3 is 2.32 bits per heavy atom. The highest BCUT2D eigenvalue weighted by molar-refractivity contribution is 14.0. The second-order valence-corrected chi connectivity index (χ2v) is 6.39. The second-order valence-electron chi connectivity index (χ2n) is 6.39. The fourth-order valence-electron chi connectivity index (χ4n) is 2.51. The standard InChI is InChI=1S/C21H29N3O3.HI/c1-15(2)17-6-8-18(9-7-17)27-12-11-23-21(22)24-14-16-5-10-19(25-3)20(13-16)26-4;/h5-10,13,15H,11-12,14H2,1-4H3,(H3,22,23,24);1H. The lowest BCUT2D eigenvalue weighted by Gasteiger charge is -2.10. The molecule has 3 N–H and O–H groups in total. The van der Waals surface area contributed by atoms with Gasteiger partial charge in [0.2, 0.25) is 0 Å². The van der Waals surface area contributed by atoms with Crippen LogP contribution in [-0.2, 0) is 6.54 Å². The Morgan fingerprint density at radius 1 is 1.04 bits per heavy atom. The van der Waals surface area contributed by atoms with Crippen molar-refractivity contribution in [1.29, 1.82) is 0 Å². The van der Waals surface area contributed by atoms with Crippen molar-refractivity contribution in [3.63, 3.8) is 0 Å². The summed E-state index contributed by atoms with van der Waals surface area (Å²) >= 11 is 0. The van der Waals surface area contributed by atoms with Crippen LogP contribution in [-0.4, -0.2) is 33.3 Å². The van der Waals surface area contributed by atoms with Crippen LogP contribution in [0, 0.1) is 0 Å². The van der Waals surface area contributed by atoms with Crippen LogP contribution in [0.5, 0.6) is 17.2 Å². The minimum Gasteiger partial charge on any atom is -0.493 e. The van der Waals surface area contributed by atoms with Crippen molar-refractivity contribution in [2.45, 2.75) is 26.3 Å². The predicted molar refractivity (Wildman–Crippen MR) is 124 cm³/mol. The van der Waals surface area contributed by atoms with Crippen LogP contribution < -0.4 is 25.3 Å². The summed E-state index contributed by atoms with van der Waals surface area (Å²) in [6.07, 6.45) is 0. The van der Waals surface area contributed by atoms with E-state index in [0.717, 1.165) is 11.3 Å². The van der Waals surface area contributed by atoms with E-state index in [2.05, 4.69) is 36.3 Å². The molecule has 0 amide bonds. The molecule has 0 fully saturated rings. The Kier molecular flexibility index (Phi) is 10.5. The lowest BCUT2D eigenvalue weighted by Crippen LogP contribution is -2.34. The molecule has 0 radical (unpaired) electrons. The zero-order chi connectivity index (χ0) is 19.6. The summed E-state index contributed by atoms with van der Waals surface area (Å²) in [6.45, 7) is 5.88. The number of halogens is 1. The quantitative estimate of drug-likeness (QED) is 0.237. The molecule has 6 nitrogen and oxygen atoms in total. The molecule has 0 spiro atoms. The Morgan fingerprint density at radius 2 is 1.71 bits per heavy atom. The maximum absolute atomic E-state index is 5.91. The van der Waals surface area contributed by atoms with Gasteiger partial charge in [-0.1, -0.05) is 32.0 Å². The first-order valence-corrected chi connectivity index (χ1v) is 9.01. The van der Waals surface area contributed by atoms with Crippen LogP contribution in [0.1, 0.15) is 30.9 Å². The van der Waals surface area contributed by atoms with Crippen LogP contribution in [0.2, 0.25) is 0 Å². The van der Waals surface area contributed by atoms with E-state index in [0.29, 0.717) is 43.1 Å². The third kappa shape index (κ3) is 7.46. The Balaban J connectivity index is 0.00000392. The third-order valence-electron chi connectivity index (χ3n) is 4.10. The second kappa shape index (κ2) is 12.3. The minimum atomic E-state index is 0. The van der Waals surface area contributed by atoms with Crippen molar-refractivity contribution in [2.24, 2.45) is 10.7 Å². The summed E-state index contributed by atoms with van der Waals surface area (Å²) < 4.78 is 16.2. The van der Waals surface area contributed by atoms with Gasteiger partial charge in [0.15, 0.2) is 17.5 Å². The molecule has 28 heavy (non-hydrogen) atoms. The topological polar surface area (TPSA) is 78.1 Å². The SMILES string of the molecule is COc1ccc(CN=C(N)NCCOc2ccc(C(C)C)cc2)cc1OC.I. The zero-order valence-electron chi connectivity index (χ0n) is 16.9. The van der Waals surface area contributed by atoms with Gasteiger partial charge in [0.05, 0.1) is 27.3 Å². The van der Waals surface area contributed by atoms with Crippen molar-refractivity contribution in [1.82, 2.24) is 5.32 Å². The van der Waals surface area contributed by atoms with Crippen LogP contribution in [0.3, 0.4) is 0 Å². The Labute approximate surface area is 184 Å². The summed E-state index contributed by atoms with van der Waals surface area (Å²) in [5, 5.41) is 3.05. The van der Waals surface area contributed by atoms with Crippen molar-refractivity contribution < 1.29 is 14.2 Å². The Hall–Kier alpha value is -2.16. The monoisotopic (exact) mass is 499 g/mol. The van der Waals surface area contributed by atoms with Gasteiger partial charge in [0, 0.05) is 0 Å². The number of nitrogens with two attached hydrogens (primary N) is 1. The number of rotatable bonds is 9. The van der Waals surface area contributed by atoms with Crippen LogP contribution in [0.4, 0.5) is 0 Å². The summed E-state index contributed by atoms with van der Waals surface area (Å²) in [5.74, 6) is 3.11. The molecular formula is C21H30IN3O3. The maximum Gasteiger partial charge on any atom is 0.189 e. The summed E-state index contributed by atoms with van der Waals surface area (Å²) in [4.78, 5) is 4.33. The van der Waals surface area contributed by atoms with Gasteiger partial charge in [-0.05, 0) is 41.3 Å². The number of benzene rings is 2. The van der Waals surface area contributed by atoms with Crippen molar-refractivity contribution in [3.8, 4) is 17.2 Å². The van der Waals surface area contributed by atoms with E-state index in [-0.39, 0.29) is 24.0 Å². The van der Waals surface area contributed by atoms with Crippen LogP contribution >= 0.6 is 24.0 Å². The van der Waals surface area contributed by atoms with E-state index in [1.165, 1.54) is 5.56 Å². The van der Waals surface area contributed by atoms with Crippen molar-refractivity contribution in [3.05, 3.63) is 53.6 Å². The number of methoxy groups -OCH3 is 2. The molecule has 154 valence electrons. The number of hydrogen-bond acceptors (Lipinski definition) is 4. The number of guanidine groups is 1. The maximum atomic E-state index is 5.91. The number of ether oxygens (including phenoxy) is 3. The van der Waals surface area contributed by atoms with Gasteiger partial charge in [-0.3, -0.25) is 0 Å². The van der Waals surface area contributed by atoms with Gasteiger partial charge in [0.25, 0.3) is 0 Å². The van der Waals surface area contributed by atoms with Gasteiger partial charge in [-0.25, -0.2) is 4.99 Å². The van der Waals surface area contributed by atoms with Gasteiger partial charge in [-0.2, -0.15) is 0 Å². The summed E-state index contributed by atoms with van der Waals surface area (Å²) in [7, 11) is 3.22. The number of nitrogens with one attached hydrogen (secondary N) is 1. The molecule has 0 aliphatic carbocycles. The summed E-state index contributed by atoms with van der Waals surface area (Å²) in [5.41, 5.74) is 8.19. The molecular weight excluding hydrogens is 469 g/mol. The van der Waals surface area contributed by atoms with E-state index in [1.54, 1.807) is 14.2 Å². The van der Waals surface area contributed by atoms with E-state index >= 15 is 0 Å². The van der Waals surface area contributed by atoms with Crippen molar-refractivity contribution >= 4 is 29.9 Å². The first-order valence-electron chi connectivity index (χ1n) is 9.01. The molecule has 0 bridgehead atoms. The average molecular weight is 499 g/mol. The van der Waals surface area contributed by atoms with Gasteiger partial charge >= 0.3 is 0 Å². The lowest BCUT2D eigenvalue weighted by molar-refractivity contribution is 0.322. The Bertz CT molecular complexity index is 749. The first-order chi connectivity index (χ1) is 13.0. The highest BCUT2D eigenvalue weighted by Crippen LogP contribution is 2.27. The largest absolute Gasteiger partial charge is 0.493 e. The van der Waals surface area contributed by atoms with Gasteiger partial charge in [0.1, 0.15) is 12.4 Å². The number of aliphatic imine (C=N–C) groups is 1. The molecule has 2 aromatic carbocycles.